The second-order valence-electron chi connectivity index (χ2n) is 6.67. The molecule has 1 atom stereocenters. The number of ether oxygens (including phenoxy) is 1. The largest absolute Gasteiger partial charge is 0.491 e. The first-order chi connectivity index (χ1) is 13.5. The van der Waals surface area contributed by atoms with Crippen molar-refractivity contribution in [1.82, 2.24) is 9.80 Å². The zero-order valence-corrected chi connectivity index (χ0v) is 15.4. The molecule has 0 unspecified atom stereocenters. The Morgan fingerprint density at radius 2 is 1.71 bits per heavy atom. The summed E-state index contributed by atoms with van der Waals surface area (Å²) in [6.07, 6.45) is -0.614. The molecule has 1 N–H and O–H groups in total. The number of nitro groups is 1. The summed E-state index contributed by atoms with van der Waals surface area (Å²) in [6.45, 7) is 3.09. The van der Waals surface area contributed by atoms with Gasteiger partial charge in [-0.15, -0.1) is 0 Å². The molecule has 0 radical (unpaired) electrons. The maximum atomic E-state index is 12.5. The minimum absolute atomic E-state index is 0.0342. The summed E-state index contributed by atoms with van der Waals surface area (Å²) in [7, 11) is 0. The van der Waals surface area contributed by atoms with Crippen LogP contribution in [0.15, 0.2) is 54.6 Å². The highest BCUT2D eigenvalue weighted by Gasteiger charge is 2.24. The molecular formula is C20H23N3O5. The van der Waals surface area contributed by atoms with E-state index in [2.05, 4.69) is 4.90 Å². The van der Waals surface area contributed by atoms with Gasteiger partial charge in [-0.2, -0.15) is 0 Å². The third kappa shape index (κ3) is 5.28. The quantitative estimate of drug-likeness (QED) is 0.577. The number of aliphatic hydroxyl groups excluding tert-OH is 1. The monoisotopic (exact) mass is 385 g/mol. The maximum absolute atomic E-state index is 12.5. The third-order valence-corrected chi connectivity index (χ3v) is 4.64. The number of hydrogen-bond donors (Lipinski definition) is 1. The minimum Gasteiger partial charge on any atom is -0.491 e. The Labute approximate surface area is 163 Å². The van der Waals surface area contributed by atoms with E-state index in [0.29, 0.717) is 38.3 Å². The van der Waals surface area contributed by atoms with Crippen molar-refractivity contribution in [2.24, 2.45) is 0 Å². The summed E-state index contributed by atoms with van der Waals surface area (Å²) in [4.78, 5) is 26.6. The van der Waals surface area contributed by atoms with E-state index in [1.54, 1.807) is 4.90 Å². The summed E-state index contributed by atoms with van der Waals surface area (Å²) in [6, 6.07) is 15.0. The van der Waals surface area contributed by atoms with Crippen LogP contribution in [0, 0.1) is 10.1 Å². The second-order valence-corrected chi connectivity index (χ2v) is 6.67. The van der Waals surface area contributed by atoms with Crippen molar-refractivity contribution < 1.29 is 19.6 Å². The number of para-hydroxylation sites is 1. The molecule has 0 aromatic heterocycles. The SMILES string of the molecule is O=C(c1ccc([N+](=O)[O-])cc1)N1CCN(C[C@H](O)COc2ccccc2)CC1. The minimum atomic E-state index is -0.614. The maximum Gasteiger partial charge on any atom is 0.269 e. The van der Waals surface area contributed by atoms with Crippen LogP contribution in [0.4, 0.5) is 5.69 Å². The summed E-state index contributed by atoms with van der Waals surface area (Å²) < 4.78 is 5.56. The number of benzene rings is 2. The molecule has 8 nitrogen and oxygen atoms in total. The zero-order valence-electron chi connectivity index (χ0n) is 15.4. The van der Waals surface area contributed by atoms with E-state index in [0.717, 1.165) is 5.75 Å². The zero-order chi connectivity index (χ0) is 19.9. The lowest BCUT2D eigenvalue weighted by Crippen LogP contribution is -2.50. The Morgan fingerprint density at radius 1 is 1.07 bits per heavy atom. The fraction of sp³-hybridized carbons (Fsp3) is 0.350. The number of amides is 1. The smallest absolute Gasteiger partial charge is 0.269 e. The van der Waals surface area contributed by atoms with Gasteiger partial charge in [0.2, 0.25) is 0 Å². The average Bonchev–Trinajstić information content (AvgIpc) is 2.73. The third-order valence-electron chi connectivity index (χ3n) is 4.64. The molecule has 28 heavy (non-hydrogen) atoms. The van der Waals surface area contributed by atoms with Crippen molar-refractivity contribution >= 4 is 11.6 Å². The highest BCUT2D eigenvalue weighted by atomic mass is 16.6. The summed E-state index contributed by atoms with van der Waals surface area (Å²) in [5.74, 6) is 0.586. The van der Waals surface area contributed by atoms with Crippen LogP contribution in [0.25, 0.3) is 0 Å². The molecule has 1 aliphatic heterocycles. The number of non-ortho nitro benzene ring substituents is 1. The van der Waals surface area contributed by atoms with Gasteiger partial charge >= 0.3 is 0 Å². The van der Waals surface area contributed by atoms with Gasteiger partial charge in [0, 0.05) is 50.4 Å². The van der Waals surface area contributed by atoms with Gasteiger partial charge in [0.15, 0.2) is 0 Å². The Kier molecular flexibility index (Phi) is 6.57. The first-order valence-corrected chi connectivity index (χ1v) is 9.15. The molecule has 2 aromatic rings. The van der Waals surface area contributed by atoms with Crippen LogP contribution in [0.3, 0.4) is 0 Å². The Balaban J connectivity index is 1.43. The number of aliphatic hydroxyl groups is 1. The van der Waals surface area contributed by atoms with E-state index < -0.39 is 11.0 Å². The number of β-amino-alcohol motifs (C(OH)–C–C–N with tert-alkyl or cyclic N) is 1. The van der Waals surface area contributed by atoms with Gasteiger partial charge in [0.25, 0.3) is 11.6 Å². The normalized spacial score (nSPS) is 15.8. The van der Waals surface area contributed by atoms with Gasteiger partial charge in [-0.3, -0.25) is 19.8 Å². The highest BCUT2D eigenvalue weighted by Crippen LogP contribution is 2.15. The lowest BCUT2D eigenvalue weighted by Gasteiger charge is -2.35. The predicted molar refractivity (Wildman–Crippen MR) is 103 cm³/mol. The van der Waals surface area contributed by atoms with Crippen LogP contribution in [-0.4, -0.2) is 71.2 Å². The van der Waals surface area contributed by atoms with Crippen LogP contribution in [0.1, 0.15) is 10.4 Å². The van der Waals surface area contributed by atoms with Gasteiger partial charge in [-0.25, -0.2) is 0 Å². The van der Waals surface area contributed by atoms with Crippen molar-refractivity contribution in [3.8, 4) is 5.75 Å². The lowest BCUT2D eigenvalue weighted by molar-refractivity contribution is -0.384. The number of piperazine rings is 1. The first-order valence-electron chi connectivity index (χ1n) is 9.15. The number of carbonyl (C=O) groups excluding carboxylic acids is 1. The van der Waals surface area contributed by atoms with Crippen LogP contribution in [0.5, 0.6) is 5.75 Å². The fourth-order valence-electron chi connectivity index (χ4n) is 3.10. The van der Waals surface area contributed by atoms with E-state index >= 15 is 0 Å². The second kappa shape index (κ2) is 9.29. The Bertz CT molecular complexity index is 789. The molecule has 0 bridgehead atoms. The number of hydrogen-bond acceptors (Lipinski definition) is 6. The highest BCUT2D eigenvalue weighted by molar-refractivity contribution is 5.94. The molecule has 1 heterocycles. The van der Waals surface area contributed by atoms with Crippen LogP contribution >= 0.6 is 0 Å². The first kappa shape index (κ1) is 19.8. The van der Waals surface area contributed by atoms with Crippen molar-refractivity contribution in [2.45, 2.75) is 6.10 Å². The molecule has 1 fully saturated rings. The number of rotatable bonds is 7. The molecule has 8 heteroatoms. The van der Waals surface area contributed by atoms with Crippen molar-refractivity contribution in [3.05, 3.63) is 70.3 Å². The topological polar surface area (TPSA) is 96.2 Å². The molecule has 0 aliphatic carbocycles. The molecule has 2 aromatic carbocycles. The lowest BCUT2D eigenvalue weighted by atomic mass is 10.1. The summed E-state index contributed by atoms with van der Waals surface area (Å²) in [5.41, 5.74) is 0.406. The van der Waals surface area contributed by atoms with Gasteiger partial charge in [0.1, 0.15) is 18.5 Å². The molecule has 148 valence electrons. The van der Waals surface area contributed by atoms with Gasteiger partial charge < -0.3 is 14.7 Å². The van der Waals surface area contributed by atoms with Crippen molar-refractivity contribution in [2.75, 3.05) is 39.3 Å². The summed E-state index contributed by atoms with van der Waals surface area (Å²) in [5, 5.41) is 20.9. The molecule has 3 rings (SSSR count). The fourth-order valence-corrected chi connectivity index (χ4v) is 3.10. The molecule has 1 saturated heterocycles. The van der Waals surface area contributed by atoms with E-state index in [4.69, 9.17) is 4.74 Å². The van der Waals surface area contributed by atoms with Gasteiger partial charge in [-0.1, -0.05) is 18.2 Å². The molecular weight excluding hydrogens is 362 g/mol. The standard InChI is InChI=1S/C20H23N3O5/c24-18(15-28-19-4-2-1-3-5-19)14-21-10-12-22(13-11-21)20(25)16-6-8-17(9-7-16)23(26)27/h1-9,18,24H,10-15H2/t18-/m0/s1. The molecule has 1 amide bonds. The van der Waals surface area contributed by atoms with Gasteiger partial charge in [-0.05, 0) is 24.3 Å². The van der Waals surface area contributed by atoms with Gasteiger partial charge in [0.05, 0.1) is 4.92 Å². The van der Waals surface area contributed by atoms with Crippen LogP contribution in [-0.2, 0) is 0 Å². The van der Waals surface area contributed by atoms with E-state index in [9.17, 15) is 20.0 Å². The van der Waals surface area contributed by atoms with E-state index in [1.165, 1.54) is 24.3 Å². The number of carbonyl (C=O) groups is 1. The Hall–Kier alpha value is -2.97. The van der Waals surface area contributed by atoms with Crippen LogP contribution < -0.4 is 4.74 Å². The van der Waals surface area contributed by atoms with Crippen LogP contribution in [0.2, 0.25) is 0 Å². The van der Waals surface area contributed by atoms with E-state index in [1.807, 2.05) is 30.3 Å². The molecule has 1 aliphatic rings. The Morgan fingerprint density at radius 3 is 2.32 bits per heavy atom. The molecule has 0 spiro atoms. The molecule has 0 saturated carbocycles. The summed E-state index contributed by atoms with van der Waals surface area (Å²) >= 11 is 0. The number of nitrogens with zero attached hydrogens (tertiary/aromatic N) is 3. The van der Waals surface area contributed by atoms with Crippen molar-refractivity contribution in [1.29, 1.82) is 0 Å². The number of nitro benzene ring substituents is 1. The predicted octanol–water partition coefficient (Wildman–Crippen LogP) is 1.79. The van der Waals surface area contributed by atoms with E-state index in [-0.39, 0.29) is 18.2 Å². The van der Waals surface area contributed by atoms with Crippen molar-refractivity contribution in [3.63, 3.8) is 0 Å². The average molecular weight is 385 g/mol.